The van der Waals surface area contributed by atoms with E-state index < -0.39 is 11.6 Å². The number of anilines is 1. The molecule has 20 heavy (non-hydrogen) atoms. The molecule has 104 valence electrons. The maximum absolute atomic E-state index is 14.0. The van der Waals surface area contributed by atoms with E-state index in [9.17, 15) is 13.9 Å². The van der Waals surface area contributed by atoms with Gasteiger partial charge in [0.25, 0.3) is 0 Å². The molecule has 2 N–H and O–H groups in total. The highest BCUT2D eigenvalue weighted by Crippen LogP contribution is 2.37. The van der Waals surface area contributed by atoms with Crippen molar-refractivity contribution < 1.29 is 18.6 Å². The number of phenolic OH excluding ortho intramolecular Hbond substituents is 1. The molecular formula is C15H13F2NO2. The Bertz CT molecular complexity index is 673. The number of benzene rings is 2. The quantitative estimate of drug-likeness (QED) is 0.882. The van der Waals surface area contributed by atoms with Gasteiger partial charge in [0.2, 0.25) is 0 Å². The van der Waals surface area contributed by atoms with Gasteiger partial charge in [-0.3, -0.25) is 0 Å². The molecule has 0 amide bonds. The minimum atomic E-state index is -0.639. The number of hydrogen-bond acceptors (Lipinski definition) is 3. The van der Waals surface area contributed by atoms with Gasteiger partial charge in [-0.1, -0.05) is 6.07 Å². The lowest BCUT2D eigenvalue weighted by Crippen LogP contribution is -2.14. The van der Waals surface area contributed by atoms with Gasteiger partial charge >= 0.3 is 0 Å². The Labute approximate surface area is 114 Å². The normalized spacial score (nSPS) is 16.6. The van der Waals surface area contributed by atoms with E-state index in [0.717, 1.165) is 5.56 Å². The van der Waals surface area contributed by atoms with Crippen LogP contribution in [0.15, 0.2) is 30.3 Å². The van der Waals surface area contributed by atoms with Crippen LogP contribution in [0.2, 0.25) is 0 Å². The molecule has 1 heterocycles. The van der Waals surface area contributed by atoms with Crippen LogP contribution in [-0.4, -0.2) is 11.7 Å². The average molecular weight is 277 g/mol. The second-order valence-electron chi connectivity index (χ2n) is 4.78. The largest absolute Gasteiger partial charge is 0.508 e. The summed E-state index contributed by atoms with van der Waals surface area (Å²) < 4.78 is 33.1. The van der Waals surface area contributed by atoms with Gasteiger partial charge < -0.3 is 15.2 Å². The van der Waals surface area contributed by atoms with E-state index in [-0.39, 0.29) is 24.1 Å². The first-order valence-electron chi connectivity index (χ1n) is 6.23. The van der Waals surface area contributed by atoms with E-state index in [0.29, 0.717) is 11.3 Å². The molecule has 0 bridgehead atoms. The van der Waals surface area contributed by atoms with Gasteiger partial charge in [-0.25, -0.2) is 8.78 Å². The summed E-state index contributed by atoms with van der Waals surface area (Å²) in [4.78, 5) is 0. The monoisotopic (exact) mass is 277 g/mol. The molecule has 0 spiro atoms. The van der Waals surface area contributed by atoms with Crippen LogP contribution in [0.4, 0.5) is 14.5 Å². The summed E-state index contributed by atoms with van der Waals surface area (Å²) in [6.45, 7) is 1.84. The number of fused-ring (bicyclic) bond motifs is 1. The summed E-state index contributed by atoms with van der Waals surface area (Å²) >= 11 is 0. The lowest BCUT2D eigenvalue weighted by Gasteiger charge is -2.15. The number of halogens is 2. The number of nitrogens with one attached hydrogen (secondary N) is 1. The lowest BCUT2D eigenvalue weighted by molar-refractivity contribution is 0.337. The third kappa shape index (κ3) is 2.05. The molecule has 0 saturated carbocycles. The van der Waals surface area contributed by atoms with Gasteiger partial charge in [0.1, 0.15) is 29.6 Å². The topological polar surface area (TPSA) is 41.5 Å². The molecule has 1 atom stereocenters. The van der Waals surface area contributed by atoms with E-state index in [1.165, 1.54) is 24.3 Å². The molecular weight excluding hydrogens is 264 g/mol. The van der Waals surface area contributed by atoms with Crippen molar-refractivity contribution in [2.45, 2.75) is 13.0 Å². The Kier molecular flexibility index (Phi) is 2.97. The van der Waals surface area contributed by atoms with Gasteiger partial charge in [0, 0.05) is 11.6 Å². The Morgan fingerprint density at radius 3 is 2.85 bits per heavy atom. The highest BCUT2D eigenvalue weighted by atomic mass is 19.1. The SMILES string of the molecule is Cc1ccc(F)c(NC2COc3cc(O)ccc32)c1F. The molecule has 0 radical (unpaired) electrons. The van der Waals surface area contributed by atoms with E-state index in [2.05, 4.69) is 5.32 Å². The zero-order chi connectivity index (χ0) is 14.3. The van der Waals surface area contributed by atoms with E-state index in [1.807, 2.05) is 0 Å². The first-order chi connectivity index (χ1) is 9.56. The third-order valence-electron chi connectivity index (χ3n) is 3.38. The predicted octanol–water partition coefficient (Wildman–Crippen LogP) is 3.52. The zero-order valence-corrected chi connectivity index (χ0v) is 10.8. The first kappa shape index (κ1) is 12.7. The minimum Gasteiger partial charge on any atom is -0.508 e. The van der Waals surface area contributed by atoms with Crippen molar-refractivity contribution in [1.82, 2.24) is 0 Å². The van der Waals surface area contributed by atoms with Crippen LogP contribution >= 0.6 is 0 Å². The summed E-state index contributed by atoms with van der Waals surface area (Å²) in [7, 11) is 0. The van der Waals surface area contributed by atoms with Crippen LogP contribution in [0.5, 0.6) is 11.5 Å². The van der Waals surface area contributed by atoms with Crippen molar-refractivity contribution in [3.05, 3.63) is 53.1 Å². The molecule has 3 nitrogen and oxygen atoms in total. The number of rotatable bonds is 2. The smallest absolute Gasteiger partial charge is 0.152 e. The predicted molar refractivity (Wildman–Crippen MR) is 71.1 cm³/mol. The molecule has 5 heteroatoms. The Hall–Kier alpha value is -2.30. The van der Waals surface area contributed by atoms with Crippen molar-refractivity contribution in [2.24, 2.45) is 0 Å². The number of aromatic hydroxyl groups is 1. The zero-order valence-electron chi connectivity index (χ0n) is 10.8. The highest BCUT2D eigenvalue weighted by molar-refractivity contribution is 5.54. The summed E-state index contributed by atoms with van der Waals surface area (Å²) in [5.41, 5.74) is 0.987. The van der Waals surface area contributed by atoms with Crippen molar-refractivity contribution in [1.29, 1.82) is 0 Å². The number of hydrogen-bond donors (Lipinski definition) is 2. The van der Waals surface area contributed by atoms with Gasteiger partial charge in [0.15, 0.2) is 5.82 Å². The maximum atomic E-state index is 14.0. The third-order valence-corrected chi connectivity index (χ3v) is 3.38. The molecule has 0 fully saturated rings. The fraction of sp³-hybridized carbons (Fsp3) is 0.200. The maximum Gasteiger partial charge on any atom is 0.152 e. The second-order valence-corrected chi connectivity index (χ2v) is 4.78. The minimum absolute atomic E-state index is 0.0947. The molecule has 2 aromatic rings. The molecule has 3 rings (SSSR count). The van der Waals surface area contributed by atoms with Gasteiger partial charge in [0.05, 0.1) is 6.04 Å². The summed E-state index contributed by atoms with van der Waals surface area (Å²) in [5.74, 6) is -0.620. The molecule has 1 aliphatic heterocycles. The van der Waals surface area contributed by atoms with Crippen molar-refractivity contribution in [3.63, 3.8) is 0 Å². The highest BCUT2D eigenvalue weighted by Gasteiger charge is 2.26. The van der Waals surface area contributed by atoms with E-state index >= 15 is 0 Å². The van der Waals surface area contributed by atoms with Crippen molar-refractivity contribution >= 4 is 5.69 Å². The van der Waals surface area contributed by atoms with Crippen LogP contribution in [0.3, 0.4) is 0 Å². The van der Waals surface area contributed by atoms with Crippen LogP contribution < -0.4 is 10.1 Å². The summed E-state index contributed by atoms with van der Waals surface area (Å²) in [5, 5.41) is 12.2. The second kappa shape index (κ2) is 4.67. The first-order valence-corrected chi connectivity index (χ1v) is 6.23. The standard InChI is InChI=1S/C15H13F2NO2/c1-8-2-5-11(16)15(14(8)17)18-12-7-20-13-6-9(19)3-4-10(12)13/h2-6,12,18-19H,7H2,1H3. The summed E-state index contributed by atoms with van der Waals surface area (Å²) in [6, 6.07) is 6.96. The number of phenols is 1. The number of ether oxygens (including phenoxy) is 1. The molecule has 1 aliphatic rings. The molecule has 1 unspecified atom stereocenters. The molecule has 0 aliphatic carbocycles. The van der Waals surface area contributed by atoms with Crippen LogP contribution in [0, 0.1) is 18.6 Å². The number of aryl methyl sites for hydroxylation is 1. The molecule has 0 saturated heterocycles. The lowest BCUT2D eigenvalue weighted by atomic mass is 10.1. The van der Waals surface area contributed by atoms with Crippen molar-refractivity contribution in [3.8, 4) is 11.5 Å². The van der Waals surface area contributed by atoms with Gasteiger partial charge in [-0.05, 0) is 30.7 Å². The van der Waals surface area contributed by atoms with Gasteiger partial charge in [-0.15, -0.1) is 0 Å². The van der Waals surface area contributed by atoms with Crippen LogP contribution in [0.25, 0.3) is 0 Å². The van der Waals surface area contributed by atoms with E-state index in [4.69, 9.17) is 4.74 Å². The Balaban J connectivity index is 1.93. The molecule has 0 aromatic heterocycles. The van der Waals surface area contributed by atoms with E-state index in [1.54, 1.807) is 13.0 Å². The van der Waals surface area contributed by atoms with Crippen LogP contribution in [0.1, 0.15) is 17.2 Å². The Morgan fingerprint density at radius 2 is 2.05 bits per heavy atom. The fourth-order valence-corrected chi connectivity index (χ4v) is 2.28. The fourth-order valence-electron chi connectivity index (χ4n) is 2.28. The molecule has 2 aromatic carbocycles. The van der Waals surface area contributed by atoms with Crippen LogP contribution in [-0.2, 0) is 0 Å². The van der Waals surface area contributed by atoms with Crippen molar-refractivity contribution in [2.75, 3.05) is 11.9 Å². The van der Waals surface area contributed by atoms with Gasteiger partial charge in [-0.2, -0.15) is 0 Å². The Morgan fingerprint density at radius 1 is 1.25 bits per heavy atom. The average Bonchev–Trinajstić information content (AvgIpc) is 2.81. The summed E-state index contributed by atoms with van der Waals surface area (Å²) in [6.07, 6.45) is 0.